The normalized spacial score (nSPS) is 19.6. The first-order chi connectivity index (χ1) is 17.0. The van der Waals surface area contributed by atoms with Crippen molar-refractivity contribution < 1.29 is 0 Å². The molecule has 0 amide bonds. The number of fused-ring (bicyclic) bond motifs is 1. The van der Waals surface area contributed by atoms with E-state index in [-0.39, 0.29) is 10.8 Å². The third-order valence-corrected chi connectivity index (χ3v) is 7.66. The van der Waals surface area contributed by atoms with Gasteiger partial charge in [-0.25, -0.2) is 0 Å². The van der Waals surface area contributed by atoms with Crippen molar-refractivity contribution in [1.29, 1.82) is 0 Å². The summed E-state index contributed by atoms with van der Waals surface area (Å²) >= 11 is 0. The Hall–Kier alpha value is -3.06. The Labute approximate surface area is 220 Å². The molecule has 36 heavy (non-hydrogen) atoms. The van der Waals surface area contributed by atoms with Gasteiger partial charge in [-0.05, 0) is 86.1 Å². The molecule has 0 saturated carbocycles. The molecular weight excluding hydrogens is 434 g/mol. The summed E-state index contributed by atoms with van der Waals surface area (Å²) in [6.45, 7) is 18.1. The number of allylic oxidation sites excluding steroid dienone is 14. The first-order valence-electron chi connectivity index (χ1n) is 13.3. The number of hydrogen-bond acceptors (Lipinski definition) is 1. The summed E-state index contributed by atoms with van der Waals surface area (Å²) in [5.41, 5.74) is 10.9. The molecule has 1 heteroatoms. The van der Waals surface area contributed by atoms with E-state index < -0.39 is 0 Å². The Morgan fingerprint density at radius 3 is 2.33 bits per heavy atom. The first kappa shape index (κ1) is 27.5. The molecule has 1 aromatic carbocycles. The minimum Gasteiger partial charge on any atom is -0.345 e. The highest BCUT2D eigenvalue weighted by Crippen LogP contribution is 2.48. The topological polar surface area (TPSA) is 3.24 Å². The van der Waals surface area contributed by atoms with Crippen LogP contribution in [0.4, 0.5) is 0 Å². The van der Waals surface area contributed by atoms with Gasteiger partial charge in [-0.1, -0.05) is 101 Å². The second-order valence-corrected chi connectivity index (χ2v) is 11.1. The molecule has 1 nitrogen and oxygen atoms in total. The smallest absolute Gasteiger partial charge is 0.0379 e. The Morgan fingerprint density at radius 1 is 0.972 bits per heavy atom. The van der Waals surface area contributed by atoms with Crippen LogP contribution in [0.15, 0.2) is 113 Å². The van der Waals surface area contributed by atoms with Crippen LogP contribution in [0.25, 0.3) is 5.57 Å². The van der Waals surface area contributed by atoms with Crippen LogP contribution in [0.1, 0.15) is 79.4 Å². The van der Waals surface area contributed by atoms with Crippen LogP contribution in [0.2, 0.25) is 0 Å². The highest BCUT2D eigenvalue weighted by molar-refractivity contribution is 5.81. The average molecular weight is 480 g/mol. The second kappa shape index (κ2) is 11.3. The largest absolute Gasteiger partial charge is 0.345 e. The van der Waals surface area contributed by atoms with E-state index in [1.807, 2.05) is 6.92 Å². The van der Waals surface area contributed by atoms with Crippen molar-refractivity contribution in [2.75, 3.05) is 7.05 Å². The third kappa shape index (κ3) is 5.67. The molecular formula is C35H45N. The lowest BCUT2D eigenvalue weighted by atomic mass is 9.78. The maximum atomic E-state index is 2.44. The van der Waals surface area contributed by atoms with Crippen LogP contribution in [0.5, 0.6) is 0 Å². The summed E-state index contributed by atoms with van der Waals surface area (Å²) in [6, 6.07) is 8.86. The van der Waals surface area contributed by atoms with Crippen molar-refractivity contribution >= 4 is 5.57 Å². The molecule has 0 aromatic heterocycles. The van der Waals surface area contributed by atoms with Crippen LogP contribution in [-0.2, 0) is 5.41 Å². The molecule has 2 aliphatic rings. The van der Waals surface area contributed by atoms with E-state index in [2.05, 4.69) is 145 Å². The molecule has 0 unspecified atom stereocenters. The van der Waals surface area contributed by atoms with Gasteiger partial charge >= 0.3 is 0 Å². The van der Waals surface area contributed by atoms with Crippen LogP contribution < -0.4 is 0 Å². The van der Waals surface area contributed by atoms with Crippen molar-refractivity contribution in [3.63, 3.8) is 0 Å². The Bertz CT molecular complexity index is 1210. The van der Waals surface area contributed by atoms with Crippen LogP contribution >= 0.6 is 0 Å². The van der Waals surface area contributed by atoms with Gasteiger partial charge in [-0.3, -0.25) is 0 Å². The second-order valence-electron chi connectivity index (χ2n) is 11.1. The monoisotopic (exact) mass is 479 g/mol. The van der Waals surface area contributed by atoms with Gasteiger partial charge in [0.25, 0.3) is 0 Å². The van der Waals surface area contributed by atoms with Gasteiger partial charge in [0.15, 0.2) is 0 Å². The van der Waals surface area contributed by atoms with E-state index in [4.69, 9.17) is 0 Å². The Morgan fingerprint density at radius 2 is 1.67 bits per heavy atom. The minimum absolute atomic E-state index is 0.0171. The number of likely N-dealkylation sites (N-methyl/N-ethyl adjacent to an activating group) is 1. The number of nitrogens with zero attached hydrogens (tertiary/aromatic N) is 1. The molecule has 3 rings (SSSR count). The predicted molar refractivity (Wildman–Crippen MR) is 160 cm³/mol. The lowest BCUT2D eigenvalue weighted by molar-refractivity contribution is 0.538. The molecule has 190 valence electrons. The van der Waals surface area contributed by atoms with E-state index in [1.54, 1.807) is 0 Å². The van der Waals surface area contributed by atoms with Crippen molar-refractivity contribution in [3.05, 3.63) is 124 Å². The molecule has 0 aliphatic heterocycles. The molecule has 0 heterocycles. The number of hydrogen-bond donors (Lipinski definition) is 0. The van der Waals surface area contributed by atoms with Gasteiger partial charge in [0.05, 0.1) is 0 Å². The summed E-state index contributed by atoms with van der Waals surface area (Å²) < 4.78 is 0. The van der Waals surface area contributed by atoms with Gasteiger partial charge in [0.1, 0.15) is 0 Å². The van der Waals surface area contributed by atoms with Crippen molar-refractivity contribution in [1.82, 2.24) is 4.90 Å². The minimum atomic E-state index is -0.0194. The van der Waals surface area contributed by atoms with Crippen molar-refractivity contribution in [3.8, 4) is 0 Å². The molecule has 0 spiro atoms. The maximum Gasteiger partial charge on any atom is 0.0379 e. The Balaban J connectivity index is 1.82. The summed E-state index contributed by atoms with van der Waals surface area (Å²) in [5, 5.41) is 0. The first-order valence-corrected chi connectivity index (χ1v) is 13.3. The van der Waals surface area contributed by atoms with Gasteiger partial charge in [-0.2, -0.15) is 0 Å². The number of benzene rings is 1. The zero-order valence-corrected chi connectivity index (χ0v) is 23.9. The SMILES string of the molecule is C/C=C\C=C/CC/C=C\C(=C/C)N(C)C1=CC(C)(C)C(/C(C)=C/C2=C(C)c3ccccc3C2(C)C)=C1. The lowest BCUT2D eigenvalue weighted by Gasteiger charge is -2.26. The molecule has 0 radical (unpaired) electrons. The zero-order chi connectivity index (χ0) is 26.5. The predicted octanol–water partition coefficient (Wildman–Crippen LogP) is 9.85. The standard InChI is InChI=1S/C35H45N/c1-10-12-13-14-15-16-17-20-28(11-2)36(9)29-24-32(34(5,6)25-29)26(3)23-33-27(4)30-21-18-19-22-31(30)35(33,7)8/h10-14,17-25H,15-16H2,1-9H3/b12-10-,14-13-,20-17-,26-23+,28-11+. The van der Waals surface area contributed by atoms with E-state index in [0.29, 0.717) is 0 Å². The molecule has 0 atom stereocenters. The summed E-state index contributed by atoms with van der Waals surface area (Å²) in [7, 11) is 2.18. The average Bonchev–Trinajstić information content (AvgIpc) is 3.27. The quantitative estimate of drug-likeness (QED) is 0.251. The maximum absolute atomic E-state index is 2.44. The van der Waals surface area contributed by atoms with Crippen LogP contribution in [0, 0.1) is 5.41 Å². The fourth-order valence-corrected chi connectivity index (χ4v) is 5.57. The van der Waals surface area contributed by atoms with E-state index >= 15 is 0 Å². The molecule has 0 bridgehead atoms. The molecule has 0 N–H and O–H groups in total. The van der Waals surface area contributed by atoms with E-state index in [9.17, 15) is 0 Å². The third-order valence-electron chi connectivity index (χ3n) is 7.66. The van der Waals surface area contributed by atoms with E-state index in [0.717, 1.165) is 12.8 Å². The fraction of sp³-hybridized carbons (Fsp3) is 0.371. The van der Waals surface area contributed by atoms with Gasteiger partial charge < -0.3 is 4.90 Å². The molecule has 1 aromatic rings. The highest BCUT2D eigenvalue weighted by Gasteiger charge is 2.36. The van der Waals surface area contributed by atoms with Crippen LogP contribution in [-0.4, -0.2) is 11.9 Å². The highest BCUT2D eigenvalue weighted by atomic mass is 15.1. The summed E-state index contributed by atoms with van der Waals surface area (Å²) in [4.78, 5) is 2.31. The summed E-state index contributed by atoms with van der Waals surface area (Å²) in [5.74, 6) is 0. The van der Waals surface area contributed by atoms with Gasteiger partial charge in [0, 0.05) is 29.3 Å². The molecule has 0 saturated heterocycles. The Kier molecular flexibility index (Phi) is 8.67. The number of rotatable bonds is 9. The lowest BCUT2D eigenvalue weighted by Crippen LogP contribution is -2.17. The molecule has 0 fully saturated rings. The van der Waals surface area contributed by atoms with Crippen LogP contribution in [0.3, 0.4) is 0 Å². The summed E-state index contributed by atoms with van der Waals surface area (Å²) in [6.07, 6.45) is 24.5. The van der Waals surface area contributed by atoms with Gasteiger partial charge in [0.2, 0.25) is 0 Å². The van der Waals surface area contributed by atoms with E-state index in [1.165, 1.54) is 44.8 Å². The number of unbranched alkanes of at least 4 members (excludes halogenated alkanes) is 1. The van der Waals surface area contributed by atoms with Crippen molar-refractivity contribution in [2.45, 2.75) is 73.6 Å². The zero-order valence-electron chi connectivity index (χ0n) is 23.9. The fourth-order valence-electron chi connectivity index (χ4n) is 5.57. The molecule has 2 aliphatic carbocycles. The van der Waals surface area contributed by atoms with Gasteiger partial charge in [-0.15, -0.1) is 0 Å². The van der Waals surface area contributed by atoms with Crippen molar-refractivity contribution in [2.24, 2.45) is 5.41 Å².